The van der Waals surface area contributed by atoms with Crippen molar-refractivity contribution in [1.82, 2.24) is 4.90 Å². The van der Waals surface area contributed by atoms with Crippen molar-refractivity contribution >= 4 is 11.8 Å². The molecule has 0 aromatic heterocycles. The van der Waals surface area contributed by atoms with E-state index < -0.39 is 0 Å². The van der Waals surface area contributed by atoms with Gasteiger partial charge in [-0.15, -0.1) is 0 Å². The fourth-order valence-electron chi connectivity index (χ4n) is 3.01. The summed E-state index contributed by atoms with van der Waals surface area (Å²) in [5, 5.41) is 0. The number of hydrogen-bond donors (Lipinski definition) is 1. The highest BCUT2D eigenvalue weighted by molar-refractivity contribution is 5.98. The number of carbonyl (C=O) groups excluding carboxylic acids is 2. The Morgan fingerprint density at radius 2 is 1.65 bits per heavy atom. The minimum atomic E-state index is -0.0509. The quantitative estimate of drug-likeness (QED) is 0.555. The van der Waals surface area contributed by atoms with Gasteiger partial charge >= 0.3 is 0 Å². The number of nitrogens with two attached hydrogens (primary N) is 1. The van der Waals surface area contributed by atoms with Crippen LogP contribution >= 0.6 is 0 Å². The number of amides is 2. The van der Waals surface area contributed by atoms with Gasteiger partial charge in [0.25, 0.3) is 0 Å². The molecule has 2 unspecified atom stereocenters. The fourth-order valence-corrected chi connectivity index (χ4v) is 3.01. The Hall–Kier alpha value is -0.900. The molecule has 2 aliphatic rings. The fraction of sp³-hybridized carbons (Fsp3) is 0.846. The smallest absolute Gasteiger partial charge is 0.229 e. The standard InChI is InChI=1S/C13H22N2O2/c1-9-7-12(16)15(13(17)8-9)11-6-4-2-3-5-10(11)14/h9-11H,2-8,14H2,1H3. The van der Waals surface area contributed by atoms with Crippen molar-refractivity contribution in [3.05, 3.63) is 0 Å². The summed E-state index contributed by atoms with van der Waals surface area (Å²) in [6, 6.07) is -0.0798. The van der Waals surface area contributed by atoms with Crippen molar-refractivity contribution in [2.24, 2.45) is 11.7 Å². The lowest BCUT2D eigenvalue weighted by Crippen LogP contribution is -2.55. The molecule has 0 aromatic rings. The van der Waals surface area contributed by atoms with E-state index in [4.69, 9.17) is 5.73 Å². The lowest BCUT2D eigenvalue weighted by Gasteiger charge is -2.37. The van der Waals surface area contributed by atoms with Gasteiger partial charge in [-0.05, 0) is 18.8 Å². The molecule has 2 amide bonds. The van der Waals surface area contributed by atoms with Gasteiger partial charge in [0.05, 0.1) is 6.04 Å². The third-order valence-corrected chi connectivity index (χ3v) is 3.95. The Bertz CT molecular complexity index is 299. The van der Waals surface area contributed by atoms with Crippen molar-refractivity contribution in [2.75, 3.05) is 0 Å². The zero-order valence-corrected chi connectivity index (χ0v) is 10.5. The van der Waals surface area contributed by atoms with E-state index in [1.807, 2.05) is 6.92 Å². The highest BCUT2D eigenvalue weighted by Crippen LogP contribution is 2.27. The molecule has 2 N–H and O–H groups in total. The number of hydrogen-bond acceptors (Lipinski definition) is 3. The van der Waals surface area contributed by atoms with Crippen molar-refractivity contribution in [1.29, 1.82) is 0 Å². The number of imide groups is 1. The number of piperidine rings is 1. The zero-order chi connectivity index (χ0) is 12.4. The van der Waals surface area contributed by atoms with Crippen LogP contribution in [0.3, 0.4) is 0 Å². The molecule has 0 spiro atoms. The summed E-state index contributed by atoms with van der Waals surface area (Å²) in [6.07, 6.45) is 6.15. The summed E-state index contributed by atoms with van der Waals surface area (Å²) < 4.78 is 0. The Morgan fingerprint density at radius 3 is 2.29 bits per heavy atom. The van der Waals surface area contributed by atoms with Crippen LogP contribution in [0.1, 0.15) is 51.9 Å². The monoisotopic (exact) mass is 238 g/mol. The molecule has 2 atom stereocenters. The normalized spacial score (nSPS) is 32.7. The van der Waals surface area contributed by atoms with E-state index in [9.17, 15) is 9.59 Å². The molecule has 1 saturated carbocycles. The van der Waals surface area contributed by atoms with Gasteiger partial charge in [0.15, 0.2) is 0 Å². The predicted molar refractivity (Wildman–Crippen MR) is 65.1 cm³/mol. The van der Waals surface area contributed by atoms with Crippen LogP contribution in [-0.4, -0.2) is 28.8 Å². The molecule has 4 heteroatoms. The van der Waals surface area contributed by atoms with Gasteiger partial charge < -0.3 is 5.73 Å². The number of likely N-dealkylation sites (tertiary alicyclic amines) is 1. The summed E-state index contributed by atoms with van der Waals surface area (Å²) in [5.41, 5.74) is 6.12. The second kappa shape index (κ2) is 5.17. The van der Waals surface area contributed by atoms with E-state index in [-0.39, 0.29) is 29.8 Å². The maximum atomic E-state index is 12.0. The summed E-state index contributed by atoms with van der Waals surface area (Å²) >= 11 is 0. The summed E-state index contributed by atoms with van der Waals surface area (Å²) in [7, 11) is 0. The Morgan fingerprint density at radius 1 is 1.06 bits per heavy atom. The molecule has 1 aliphatic heterocycles. The first-order valence-corrected chi connectivity index (χ1v) is 6.70. The molecule has 0 aromatic carbocycles. The van der Waals surface area contributed by atoms with Crippen LogP contribution in [0.15, 0.2) is 0 Å². The van der Waals surface area contributed by atoms with Crippen molar-refractivity contribution < 1.29 is 9.59 Å². The maximum Gasteiger partial charge on any atom is 0.229 e. The van der Waals surface area contributed by atoms with E-state index in [1.165, 1.54) is 4.90 Å². The molecule has 1 saturated heterocycles. The molecule has 2 rings (SSSR count). The first-order chi connectivity index (χ1) is 8.09. The van der Waals surface area contributed by atoms with Crippen molar-refractivity contribution in [3.8, 4) is 0 Å². The summed E-state index contributed by atoms with van der Waals surface area (Å²) in [6.45, 7) is 1.96. The molecular formula is C13H22N2O2. The average molecular weight is 238 g/mol. The van der Waals surface area contributed by atoms with Crippen LogP contribution in [0, 0.1) is 5.92 Å². The predicted octanol–water partition coefficient (Wildman–Crippen LogP) is 1.43. The number of carbonyl (C=O) groups is 2. The zero-order valence-electron chi connectivity index (χ0n) is 10.5. The van der Waals surface area contributed by atoms with Crippen LogP contribution in [0.4, 0.5) is 0 Å². The van der Waals surface area contributed by atoms with Crippen LogP contribution in [0.5, 0.6) is 0 Å². The molecule has 1 heterocycles. The van der Waals surface area contributed by atoms with E-state index in [0.29, 0.717) is 12.8 Å². The van der Waals surface area contributed by atoms with Crippen molar-refractivity contribution in [3.63, 3.8) is 0 Å². The summed E-state index contributed by atoms with van der Waals surface area (Å²) in [4.78, 5) is 25.5. The number of rotatable bonds is 1. The first-order valence-electron chi connectivity index (χ1n) is 6.70. The Kier molecular flexibility index (Phi) is 3.82. The minimum Gasteiger partial charge on any atom is -0.326 e. The Labute approximate surface area is 103 Å². The van der Waals surface area contributed by atoms with Crippen molar-refractivity contribution in [2.45, 2.75) is 64.0 Å². The molecule has 0 radical (unpaired) electrons. The Balaban J connectivity index is 2.13. The van der Waals surface area contributed by atoms with Gasteiger partial charge in [-0.2, -0.15) is 0 Å². The molecule has 17 heavy (non-hydrogen) atoms. The molecule has 2 fully saturated rings. The average Bonchev–Trinajstić information content (AvgIpc) is 2.43. The van der Waals surface area contributed by atoms with E-state index in [1.54, 1.807) is 0 Å². The van der Waals surface area contributed by atoms with Gasteiger partial charge in [0.2, 0.25) is 11.8 Å². The van der Waals surface area contributed by atoms with E-state index >= 15 is 0 Å². The van der Waals surface area contributed by atoms with Gasteiger partial charge in [0, 0.05) is 18.9 Å². The number of nitrogens with zero attached hydrogens (tertiary/aromatic N) is 1. The first kappa shape index (κ1) is 12.6. The second-order valence-electron chi connectivity index (χ2n) is 5.54. The molecule has 96 valence electrons. The van der Waals surface area contributed by atoms with Gasteiger partial charge in [-0.3, -0.25) is 14.5 Å². The van der Waals surface area contributed by atoms with Crippen LogP contribution in [0.2, 0.25) is 0 Å². The van der Waals surface area contributed by atoms with Crippen LogP contribution < -0.4 is 5.73 Å². The van der Waals surface area contributed by atoms with Crippen LogP contribution in [-0.2, 0) is 9.59 Å². The molecule has 4 nitrogen and oxygen atoms in total. The maximum absolute atomic E-state index is 12.0. The summed E-state index contributed by atoms with van der Waals surface area (Å²) in [5.74, 6) is 0.153. The van der Waals surface area contributed by atoms with E-state index in [2.05, 4.69) is 0 Å². The third-order valence-electron chi connectivity index (χ3n) is 3.95. The SMILES string of the molecule is CC1CC(=O)N(C2CCCCCC2N)C(=O)C1. The molecule has 0 bridgehead atoms. The van der Waals surface area contributed by atoms with E-state index in [0.717, 1.165) is 32.1 Å². The van der Waals surface area contributed by atoms with Gasteiger partial charge in [-0.1, -0.05) is 26.2 Å². The van der Waals surface area contributed by atoms with Gasteiger partial charge in [0.1, 0.15) is 0 Å². The highest BCUT2D eigenvalue weighted by Gasteiger charge is 2.38. The lowest BCUT2D eigenvalue weighted by atomic mass is 9.93. The molecule has 1 aliphatic carbocycles. The third kappa shape index (κ3) is 2.68. The lowest BCUT2D eigenvalue weighted by molar-refractivity contribution is -0.153. The highest BCUT2D eigenvalue weighted by atomic mass is 16.2. The molecular weight excluding hydrogens is 216 g/mol. The second-order valence-corrected chi connectivity index (χ2v) is 5.54. The van der Waals surface area contributed by atoms with Crippen LogP contribution in [0.25, 0.3) is 0 Å². The topological polar surface area (TPSA) is 63.4 Å². The largest absolute Gasteiger partial charge is 0.326 e. The van der Waals surface area contributed by atoms with Gasteiger partial charge in [-0.25, -0.2) is 0 Å². The minimum absolute atomic E-state index is 0.0175.